The van der Waals surface area contributed by atoms with Gasteiger partial charge in [0.15, 0.2) is 0 Å². The molecule has 0 unspecified atom stereocenters. The van der Waals surface area contributed by atoms with Crippen molar-refractivity contribution in [1.29, 1.82) is 0 Å². The summed E-state index contributed by atoms with van der Waals surface area (Å²) in [7, 11) is -4.77. The third kappa shape index (κ3) is 4.04. The average Bonchev–Trinajstić information content (AvgIpc) is 2.60. The summed E-state index contributed by atoms with van der Waals surface area (Å²) in [6.45, 7) is 1.93. The molecule has 0 N–H and O–H groups in total. The molecule has 28 heavy (non-hydrogen) atoms. The summed E-state index contributed by atoms with van der Waals surface area (Å²) < 4.78 is 74.2. The van der Waals surface area contributed by atoms with Gasteiger partial charge in [-0.1, -0.05) is 25.5 Å². The van der Waals surface area contributed by atoms with Crippen LogP contribution in [0.3, 0.4) is 0 Å². The Labute approximate surface area is 158 Å². The molecule has 1 heterocycles. The van der Waals surface area contributed by atoms with Crippen molar-refractivity contribution >= 4 is 21.1 Å². The predicted octanol–water partition coefficient (Wildman–Crippen LogP) is 4.53. The molecule has 0 aliphatic rings. The number of hydrogen-bond acceptors (Lipinski definition) is 5. The van der Waals surface area contributed by atoms with E-state index in [2.05, 4.69) is 0 Å². The Morgan fingerprint density at radius 2 is 1.79 bits per heavy atom. The lowest BCUT2D eigenvalue weighted by molar-refractivity contribution is -0.139. The van der Waals surface area contributed by atoms with E-state index in [0.717, 1.165) is 24.1 Å². The van der Waals surface area contributed by atoms with Gasteiger partial charge in [-0.3, -0.25) is 0 Å². The molecule has 0 amide bonds. The highest BCUT2D eigenvalue weighted by Gasteiger charge is 2.37. The first-order valence-electron chi connectivity index (χ1n) is 8.29. The molecule has 0 bridgehead atoms. The monoisotopic (exact) mass is 412 g/mol. The van der Waals surface area contributed by atoms with Gasteiger partial charge in [-0.25, -0.2) is 4.79 Å². The highest BCUT2D eigenvalue weighted by molar-refractivity contribution is 7.87. The van der Waals surface area contributed by atoms with Crippen molar-refractivity contribution in [1.82, 2.24) is 0 Å². The number of benzene rings is 2. The summed E-state index contributed by atoms with van der Waals surface area (Å²) in [6.07, 6.45) is -3.47. The maximum atomic E-state index is 13.1. The van der Waals surface area contributed by atoms with E-state index >= 15 is 0 Å². The Morgan fingerprint density at radius 1 is 1.07 bits per heavy atom. The third-order valence-corrected chi connectivity index (χ3v) is 5.30. The van der Waals surface area contributed by atoms with Crippen LogP contribution in [0.5, 0.6) is 5.75 Å². The number of fused-ring (bicyclic) bond motifs is 1. The van der Waals surface area contributed by atoms with Crippen molar-refractivity contribution in [2.75, 3.05) is 0 Å². The van der Waals surface area contributed by atoms with Crippen LogP contribution in [0.4, 0.5) is 13.2 Å². The third-order valence-electron chi connectivity index (χ3n) is 3.99. The second-order valence-electron chi connectivity index (χ2n) is 6.03. The molecule has 0 spiro atoms. The Bertz CT molecular complexity index is 1180. The van der Waals surface area contributed by atoms with Crippen molar-refractivity contribution in [3.05, 3.63) is 70.1 Å². The van der Waals surface area contributed by atoms with Gasteiger partial charge >= 0.3 is 21.9 Å². The molecule has 1 aromatic heterocycles. The minimum Gasteiger partial charge on any atom is -0.423 e. The molecule has 3 rings (SSSR count). The summed E-state index contributed by atoms with van der Waals surface area (Å²) >= 11 is 0. The maximum Gasteiger partial charge on any atom is 0.417 e. The van der Waals surface area contributed by atoms with E-state index in [4.69, 9.17) is 8.60 Å². The van der Waals surface area contributed by atoms with Gasteiger partial charge in [0.05, 0.1) is 5.56 Å². The van der Waals surface area contributed by atoms with Crippen LogP contribution in [0.25, 0.3) is 11.0 Å². The smallest absolute Gasteiger partial charge is 0.417 e. The molecule has 0 atom stereocenters. The first-order valence-corrected chi connectivity index (χ1v) is 9.70. The van der Waals surface area contributed by atoms with Crippen LogP contribution in [-0.4, -0.2) is 8.42 Å². The zero-order chi connectivity index (χ0) is 20.5. The molecule has 9 heteroatoms. The lowest BCUT2D eigenvalue weighted by atomic mass is 10.1. The lowest BCUT2D eigenvalue weighted by Gasteiger charge is -2.13. The summed E-state index contributed by atoms with van der Waals surface area (Å²) in [6, 6.07) is 9.06. The maximum absolute atomic E-state index is 13.1. The van der Waals surface area contributed by atoms with Crippen LogP contribution >= 0.6 is 0 Å². The van der Waals surface area contributed by atoms with E-state index in [1.165, 1.54) is 30.3 Å². The normalized spacial score (nSPS) is 12.3. The van der Waals surface area contributed by atoms with Gasteiger partial charge in [-0.2, -0.15) is 21.6 Å². The molecule has 0 aliphatic heterocycles. The van der Waals surface area contributed by atoms with Gasteiger partial charge < -0.3 is 8.60 Å². The highest BCUT2D eigenvalue weighted by atomic mass is 32.2. The van der Waals surface area contributed by atoms with Gasteiger partial charge in [0.25, 0.3) is 0 Å². The van der Waals surface area contributed by atoms with Crippen LogP contribution in [0.2, 0.25) is 0 Å². The van der Waals surface area contributed by atoms with Gasteiger partial charge in [-0.15, -0.1) is 0 Å². The molecule has 2 aromatic carbocycles. The van der Waals surface area contributed by atoms with Gasteiger partial charge in [0.2, 0.25) is 0 Å². The highest BCUT2D eigenvalue weighted by Crippen LogP contribution is 2.35. The van der Waals surface area contributed by atoms with Gasteiger partial charge in [0, 0.05) is 17.5 Å². The predicted molar refractivity (Wildman–Crippen MR) is 95.7 cm³/mol. The number of aryl methyl sites for hydroxylation is 1. The minimum absolute atomic E-state index is 0.0905. The summed E-state index contributed by atoms with van der Waals surface area (Å²) in [5.74, 6) is -0.263. The van der Waals surface area contributed by atoms with E-state index in [0.29, 0.717) is 17.9 Å². The Kier molecular flexibility index (Phi) is 5.20. The lowest BCUT2D eigenvalue weighted by Crippen LogP contribution is -2.17. The summed E-state index contributed by atoms with van der Waals surface area (Å²) in [4.78, 5) is 10.7. The molecule has 0 fully saturated rings. The molecular formula is C19H15F3O5S. The van der Waals surface area contributed by atoms with E-state index in [1.807, 2.05) is 6.92 Å². The molecular weight excluding hydrogens is 397 g/mol. The van der Waals surface area contributed by atoms with Crippen molar-refractivity contribution in [2.45, 2.75) is 30.8 Å². The Morgan fingerprint density at radius 3 is 2.46 bits per heavy atom. The first kappa shape index (κ1) is 19.9. The second-order valence-corrected chi connectivity index (χ2v) is 7.54. The quantitative estimate of drug-likeness (QED) is 0.455. The molecule has 0 aliphatic carbocycles. The van der Waals surface area contributed by atoms with Crippen LogP contribution in [-0.2, 0) is 22.7 Å². The van der Waals surface area contributed by atoms with Crippen LogP contribution in [0.1, 0.15) is 24.5 Å². The average molecular weight is 412 g/mol. The number of halogens is 3. The molecule has 148 valence electrons. The Balaban J connectivity index is 2.04. The topological polar surface area (TPSA) is 73.6 Å². The van der Waals surface area contributed by atoms with Crippen molar-refractivity contribution in [2.24, 2.45) is 0 Å². The second kappa shape index (κ2) is 7.31. The van der Waals surface area contributed by atoms with Gasteiger partial charge in [0.1, 0.15) is 16.2 Å². The van der Waals surface area contributed by atoms with Crippen molar-refractivity contribution in [3.8, 4) is 5.75 Å². The number of hydrogen-bond donors (Lipinski definition) is 0. The first-order chi connectivity index (χ1) is 13.1. The van der Waals surface area contributed by atoms with Crippen molar-refractivity contribution in [3.63, 3.8) is 0 Å². The van der Waals surface area contributed by atoms with Gasteiger partial charge in [-0.05, 0) is 36.2 Å². The van der Waals surface area contributed by atoms with Crippen LogP contribution in [0, 0.1) is 0 Å². The largest absolute Gasteiger partial charge is 0.423 e. The fourth-order valence-electron chi connectivity index (χ4n) is 2.83. The standard InChI is InChI=1S/C19H15F3O5S/c1-2-5-12-10-18(23)26-16-11-13(8-9-14(12)16)27-28(24,25)17-7-4-3-6-15(17)19(20,21)22/h3-4,6-11H,2,5H2,1H3. The van der Waals surface area contributed by atoms with Crippen LogP contribution in [0.15, 0.2) is 62.6 Å². The van der Waals surface area contributed by atoms with E-state index in [9.17, 15) is 26.4 Å². The van der Waals surface area contributed by atoms with E-state index in [-0.39, 0.29) is 11.3 Å². The number of rotatable bonds is 5. The molecule has 0 saturated carbocycles. The number of alkyl halides is 3. The SMILES string of the molecule is CCCc1cc(=O)oc2cc(OS(=O)(=O)c3ccccc3C(F)(F)F)ccc12. The fraction of sp³-hybridized carbons (Fsp3) is 0.211. The molecule has 3 aromatic rings. The molecule has 0 saturated heterocycles. The zero-order valence-electron chi connectivity index (χ0n) is 14.6. The molecule has 0 radical (unpaired) electrons. The Hall–Kier alpha value is -2.81. The van der Waals surface area contributed by atoms with E-state index in [1.54, 1.807) is 0 Å². The summed E-state index contributed by atoms with van der Waals surface area (Å²) in [5, 5.41) is 0.599. The van der Waals surface area contributed by atoms with E-state index < -0.39 is 32.4 Å². The van der Waals surface area contributed by atoms with Crippen molar-refractivity contribution < 1.29 is 30.2 Å². The summed E-state index contributed by atoms with van der Waals surface area (Å²) in [5.41, 5.74) is -1.12. The zero-order valence-corrected chi connectivity index (χ0v) is 15.4. The molecule has 5 nitrogen and oxygen atoms in total. The van der Waals surface area contributed by atoms with Crippen LogP contribution < -0.4 is 9.81 Å². The fourth-order valence-corrected chi connectivity index (χ4v) is 3.97. The minimum atomic E-state index is -4.86.